The topological polar surface area (TPSA) is 107 Å². The van der Waals surface area contributed by atoms with Crippen LogP contribution in [0.2, 0.25) is 5.02 Å². The van der Waals surface area contributed by atoms with Crippen LogP contribution in [0.5, 0.6) is 23.0 Å². The van der Waals surface area contributed by atoms with Gasteiger partial charge in [-0.15, -0.1) is 0 Å². The summed E-state index contributed by atoms with van der Waals surface area (Å²) in [5.74, 6) is -0.118. The third-order valence-corrected chi connectivity index (χ3v) is 7.86. The molecule has 1 fully saturated rings. The number of hydrogen-bond donors (Lipinski definition) is 1. The Morgan fingerprint density at radius 1 is 1.07 bits per heavy atom. The summed E-state index contributed by atoms with van der Waals surface area (Å²) in [5, 5.41) is 12.4. The van der Waals surface area contributed by atoms with E-state index in [2.05, 4.69) is 4.98 Å². The molecule has 40 heavy (non-hydrogen) atoms. The minimum atomic E-state index is -1.01. The van der Waals surface area contributed by atoms with Crippen molar-refractivity contribution < 1.29 is 33.6 Å². The van der Waals surface area contributed by atoms with Crippen molar-refractivity contribution in [3.63, 3.8) is 0 Å². The van der Waals surface area contributed by atoms with E-state index in [4.69, 9.17) is 30.5 Å². The average molecular weight is 579 g/mol. The minimum Gasteiger partial charge on any atom is -0.507 e. The minimum absolute atomic E-state index is 0.0924. The fraction of sp³-hybridized carbons (Fsp3) is 0.207. The second-order valence-corrected chi connectivity index (χ2v) is 10.4. The number of methoxy groups -OCH3 is 1. The Hall–Kier alpha value is -4.28. The molecular weight excluding hydrogens is 556 g/mol. The first-order chi connectivity index (χ1) is 19.4. The number of carbonyl (C=O) groups is 2. The van der Waals surface area contributed by atoms with E-state index in [9.17, 15) is 14.7 Å². The van der Waals surface area contributed by atoms with Gasteiger partial charge in [0, 0.05) is 10.6 Å². The van der Waals surface area contributed by atoms with E-state index in [1.165, 1.54) is 23.3 Å². The summed E-state index contributed by atoms with van der Waals surface area (Å²) < 4.78 is 23.2. The fourth-order valence-corrected chi connectivity index (χ4v) is 6.08. The lowest BCUT2D eigenvalue weighted by Gasteiger charge is -2.24. The number of halogens is 1. The lowest BCUT2D eigenvalue weighted by molar-refractivity contribution is -0.132. The molecule has 204 valence electrons. The maximum absolute atomic E-state index is 13.6. The summed E-state index contributed by atoms with van der Waals surface area (Å²) in [6, 6.07) is 14.2. The Bertz CT molecular complexity index is 1700. The standard InChI is InChI=1S/C29H23ClN2O7S/c1-3-37-19-8-4-15(12-21(19)36-2)25-24(26(33)16-5-9-20-22(13-16)39-11-10-38-20)27(34)28(35)32(25)29-31-18-7-6-17(30)14-23(18)40-29/h4-9,12-14,25,33H,3,10-11H2,1-2H3/b26-24+. The third kappa shape index (κ3) is 4.39. The van der Waals surface area contributed by atoms with Crippen LogP contribution in [0.25, 0.3) is 16.0 Å². The molecule has 0 saturated carbocycles. The SMILES string of the molecule is CCOc1ccc(C2/C(=C(\O)c3ccc4c(c3)OCCO4)C(=O)C(=O)N2c2nc3ccc(Cl)cc3s2)cc1OC. The molecule has 1 aromatic heterocycles. The highest BCUT2D eigenvalue weighted by atomic mass is 35.5. The van der Waals surface area contributed by atoms with E-state index in [0.717, 1.165) is 4.70 Å². The highest BCUT2D eigenvalue weighted by Gasteiger charge is 2.48. The highest BCUT2D eigenvalue weighted by Crippen LogP contribution is 2.46. The molecular formula is C29H23ClN2O7S. The van der Waals surface area contributed by atoms with Gasteiger partial charge >= 0.3 is 5.91 Å². The number of carbonyl (C=O) groups excluding carboxylic acids is 2. The van der Waals surface area contributed by atoms with Gasteiger partial charge in [0.15, 0.2) is 28.1 Å². The number of rotatable bonds is 6. The van der Waals surface area contributed by atoms with Crippen molar-refractivity contribution in [2.75, 3.05) is 31.8 Å². The van der Waals surface area contributed by atoms with Crippen molar-refractivity contribution in [2.24, 2.45) is 0 Å². The molecule has 0 radical (unpaired) electrons. The average Bonchev–Trinajstić information content (AvgIpc) is 3.50. The summed E-state index contributed by atoms with van der Waals surface area (Å²) in [7, 11) is 1.51. The number of aromatic nitrogens is 1. The van der Waals surface area contributed by atoms with Crippen molar-refractivity contribution in [2.45, 2.75) is 13.0 Å². The smallest absolute Gasteiger partial charge is 0.301 e. The first kappa shape index (κ1) is 26.0. The molecule has 1 saturated heterocycles. The number of benzene rings is 3. The van der Waals surface area contributed by atoms with Crippen LogP contribution in [0.3, 0.4) is 0 Å². The zero-order valence-corrected chi connectivity index (χ0v) is 23.0. The second kappa shape index (κ2) is 10.4. The zero-order chi connectivity index (χ0) is 28.0. The van der Waals surface area contributed by atoms with Gasteiger partial charge in [0.05, 0.1) is 35.5 Å². The van der Waals surface area contributed by atoms with Crippen LogP contribution in [0.1, 0.15) is 24.1 Å². The molecule has 1 unspecified atom stereocenters. The Morgan fingerprint density at radius 3 is 2.65 bits per heavy atom. The normalized spacial score (nSPS) is 17.9. The maximum Gasteiger partial charge on any atom is 0.301 e. The first-order valence-electron chi connectivity index (χ1n) is 12.5. The molecule has 1 amide bonds. The van der Waals surface area contributed by atoms with E-state index in [0.29, 0.717) is 69.6 Å². The van der Waals surface area contributed by atoms with Gasteiger partial charge in [-0.25, -0.2) is 4.98 Å². The van der Waals surface area contributed by atoms with Gasteiger partial charge in [-0.05, 0) is 61.0 Å². The van der Waals surface area contributed by atoms with Gasteiger partial charge in [0.1, 0.15) is 19.0 Å². The Kier molecular flexibility index (Phi) is 6.73. The maximum atomic E-state index is 13.6. The van der Waals surface area contributed by atoms with Gasteiger partial charge in [0.25, 0.3) is 5.78 Å². The van der Waals surface area contributed by atoms with Crippen molar-refractivity contribution in [1.82, 2.24) is 4.98 Å². The number of aliphatic hydroxyl groups excluding tert-OH is 1. The summed E-state index contributed by atoms with van der Waals surface area (Å²) >= 11 is 7.40. The molecule has 11 heteroatoms. The largest absolute Gasteiger partial charge is 0.507 e. The van der Waals surface area contributed by atoms with Crippen molar-refractivity contribution in [1.29, 1.82) is 0 Å². The number of fused-ring (bicyclic) bond motifs is 2. The summed E-state index contributed by atoms with van der Waals surface area (Å²) in [5.41, 5.74) is 1.36. The van der Waals surface area contributed by atoms with Gasteiger partial charge in [0.2, 0.25) is 0 Å². The van der Waals surface area contributed by atoms with Crippen molar-refractivity contribution in [3.8, 4) is 23.0 Å². The molecule has 4 aromatic rings. The van der Waals surface area contributed by atoms with E-state index in [1.807, 2.05) is 6.92 Å². The Morgan fingerprint density at radius 2 is 1.88 bits per heavy atom. The van der Waals surface area contributed by atoms with Crippen LogP contribution in [0, 0.1) is 0 Å². The van der Waals surface area contributed by atoms with Gasteiger partial charge in [-0.1, -0.05) is 29.0 Å². The quantitative estimate of drug-likeness (QED) is 0.175. The fourth-order valence-electron chi connectivity index (χ4n) is 4.81. The molecule has 2 aliphatic heterocycles. The third-order valence-electron chi connectivity index (χ3n) is 6.61. The number of aliphatic hydroxyl groups is 1. The number of hydrogen-bond acceptors (Lipinski definition) is 9. The molecule has 0 aliphatic carbocycles. The van der Waals surface area contributed by atoms with E-state index in [1.54, 1.807) is 54.6 Å². The van der Waals surface area contributed by atoms with Crippen LogP contribution in [-0.4, -0.2) is 48.7 Å². The first-order valence-corrected chi connectivity index (χ1v) is 13.7. The molecule has 0 bridgehead atoms. The van der Waals surface area contributed by atoms with Crippen LogP contribution in [0.4, 0.5) is 5.13 Å². The van der Waals surface area contributed by atoms with Crippen molar-refractivity contribution >= 4 is 55.7 Å². The van der Waals surface area contributed by atoms with Gasteiger partial charge in [-0.2, -0.15) is 0 Å². The predicted molar refractivity (Wildman–Crippen MR) is 151 cm³/mol. The van der Waals surface area contributed by atoms with E-state index >= 15 is 0 Å². The number of anilines is 1. The lowest BCUT2D eigenvalue weighted by Crippen LogP contribution is -2.29. The number of Topliss-reactive ketones (excluding diaryl/α,β-unsaturated/α-hetero) is 1. The van der Waals surface area contributed by atoms with E-state index < -0.39 is 17.7 Å². The van der Waals surface area contributed by atoms with Crippen LogP contribution >= 0.6 is 22.9 Å². The Balaban J connectivity index is 1.55. The van der Waals surface area contributed by atoms with Crippen LogP contribution in [0.15, 0.2) is 60.2 Å². The van der Waals surface area contributed by atoms with Crippen molar-refractivity contribution in [3.05, 3.63) is 76.3 Å². The molecule has 3 heterocycles. The van der Waals surface area contributed by atoms with Crippen LogP contribution < -0.4 is 23.8 Å². The number of ketones is 1. The summed E-state index contributed by atoms with van der Waals surface area (Å²) in [6.45, 7) is 3.05. The summed E-state index contributed by atoms with van der Waals surface area (Å²) in [6.07, 6.45) is 0. The molecule has 2 aliphatic rings. The highest BCUT2D eigenvalue weighted by molar-refractivity contribution is 7.22. The number of amides is 1. The molecule has 1 atom stereocenters. The lowest BCUT2D eigenvalue weighted by atomic mass is 9.95. The van der Waals surface area contributed by atoms with Gasteiger partial charge < -0.3 is 24.1 Å². The monoisotopic (exact) mass is 578 g/mol. The predicted octanol–water partition coefficient (Wildman–Crippen LogP) is 5.75. The second-order valence-electron chi connectivity index (χ2n) is 8.98. The van der Waals surface area contributed by atoms with Gasteiger partial charge in [-0.3, -0.25) is 14.5 Å². The zero-order valence-electron chi connectivity index (χ0n) is 21.5. The molecule has 6 rings (SSSR count). The Labute approximate surface area is 238 Å². The van der Waals surface area contributed by atoms with Crippen LogP contribution in [-0.2, 0) is 9.59 Å². The molecule has 1 N–H and O–H groups in total. The molecule has 0 spiro atoms. The van der Waals surface area contributed by atoms with E-state index in [-0.39, 0.29) is 11.3 Å². The number of thiazole rings is 1. The number of ether oxygens (including phenoxy) is 4. The number of nitrogens with zero attached hydrogens (tertiary/aromatic N) is 2. The summed E-state index contributed by atoms with van der Waals surface area (Å²) in [4.78, 5) is 33.1. The molecule has 3 aromatic carbocycles. The molecule has 9 nitrogen and oxygen atoms in total.